The van der Waals surface area contributed by atoms with Gasteiger partial charge in [0.05, 0.1) is 16.4 Å². The van der Waals surface area contributed by atoms with Crippen molar-refractivity contribution in [3.8, 4) is 28.3 Å². The van der Waals surface area contributed by atoms with E-state index >= 15 is 0 Å². The summed E-state index contributed by atoms with van der Waals surface area (Å²) >= 11 is 0. The summed E-state index contributed by atoms with van der Waals surface area (Å²) in [6.45, 7) is 0. The second kappa shape index (κ2) is 12.8. The fourth-order valence-electron chi connectivity index (χ4n) is 11.1. The van der Waals surface area contributed by atoms with Gasteiger partial charge in [0.1, 0.15) is 22.7 Å². The molecule has 0 amide bonds. The minimum atomic E-state index is -0.676. The number of nitrogens with zero attached hydrogens (tertiary/aromatic N) is 2. The normalized spacial score (nSPS) is 13.3. The summed E-state index contributed by atoms with van der Waals surface area (Å²) in [4.78, 5) is 2.43. The number of para-hydroxylation sites is 5. The van der Waals surface area contributed by atoms with Gasteiger partial charge in [0.15, 0.2) is 0 Å². The lowest BCUT2D eigenvalue weighted by atomic mass is 9.58. The van der Waals surface area contributed by atoms with E-state index in [1.165, 1.54) is 49.3 Å². The fourth-order valence-corrected chi connectivity index (χ4v) is 11.1. The highest BCUT2D eigenvalue weighted by Gasteiger charge is 2.49. The number of aromatic nitrogens is 1. The topological polar surface area (TPSA) is 30.5 Å². The summed E-state index contributed by atoms with van der Waals surface area (Å²) in [5.74, 6) is 1.74. The Morgan fingerprint density at radius 3 is 1.84 bits per heavy atom. The van der Waals surface area contributed by atoms with Crippen LogP contribution in [0.2, 0.25) is 0 Å². The van der Waals surface area contributed by atoms with Gasteiger partial charge in [-0.25, -0.2) is 0 Å². The van der Waals surface area contributed by atoms with Gasteiger partial charge in [-0.2, -0.15) is 0 Å². The van der Waals surface area contributed by atoms with Gasteiger partial charge < -0.3 is 18.6 Å². The van der Waals surface area contributed by atoms with Gasteiger partial charge in [0.25, 0.3) is 0 Å². The van der Waals surface area contributed by atoms with E-state index in [0.717, 1.165) is 72.8 Å². The van der Waals surface area contributed by atoms with E-state index in [-0.39, 0.29) is 0 Å². The van der Waals surface area contributed by atoms with Crippen molar-refractivity contribution in [1.82, 2.24) is 4.57 Å². The maximum atomic E-state index is 6.78. The number of hydrogen-bond acceptors (Lipinski definition) is 3. The molecule has 294 valence electrons. The molecule has 0 saturated heterocycles. The molecule has 2 aliphatic rings. The Hall–Kier alpha value is -8.34. The van der Waals surface area contributed by atoms with Gasteiger partial charge in [-0.05, 0) is 112 Å². The Kier molecular flexibility index (Phi) is 7.01. The predicted molar refractivity (Wildman–Crippen MR) is 258 cm³/mol. The maximum absolute atomic E-state index is 6.78. The summed E-state index contributed by atoms with van der Waals surface area (Å²) in [5, 5.41) is 7.11. The Bertz CT molecular complexity index is 3810. The second-order valence-electron chi connectivity index (χ2n) is 16.8. The molecule has 10 aromatic carbocycles. The zero-order valence-corrected chi connectivity index (χ0v) is 34.0. The molecule has 63 heavy (non-hydrogen) atoms. The van der Waals surface area contributed by atoms with Crippen LogP contribution in [0.25, 0.3) is 71.3 Å². The number of anilines is 3. The molecular formula is C59H36N2O2. The highest BCUT2D eigenvalue weighted by molar-refractivity contribution is 6.11. The fraction of sp³-hybridized carbons (Fsp3) is 0.0169. The van der Waals surface area contributed by atoms with Gasteiger partial charge >= 0.3 is 0 Å². The molecule has 12 aromatic rings. The minimum Gasteiger partial charge on any atom is -0.457 e. The molecule has 2 aromatic heterocycles. The molecule has 14 rings (SSSR count). The maximum Gasteiger partial charge on any atom is 0.135 e. The SMILES string of the molecule is c1ccc(-n2c3ccccc3c3ccc(N(c4ccc5c(c4)C4(c6ccccc6Oc6ccccc64)c4cccc6cccc-5c46)c4ccc5oc6ccccc6c5c4)cc32)cc1. The first-order valence-corrected chi connectivity index (χ1v) is 21.6. The predicted octanol–water partition coefficient (Wildman–Crippen LogP) is 15.8. The van der Waals surface area contributed by atoms with Crippen LogP contribution in [0.4, 0.5) is 17.1 Å². The van der Waals surface area contributed by atoms with E-state index in [2.05, 4.69) is 216 Å². The van der Waals surface area contributed by atoms with Crippen LogP contribution in [0, 0.1) is 0 Å². The second-order valence-corrected chi connectivity index (χ2v) is 16.8. The number of furan rings is 1. The highest BCUT2D eigenvalue weighted by atomic mass is 16.5. The van der Waals surface area contributed by atoms with Crippen molar-refractivity contribution in [2.45, 2.75) is 5.41 Å². The first-order valence-electron chi connectivity index (χ1n) is 21.6. The third-order valence-electron chi connectivity index (χ3n) is 13.6. The van der Waals surface area contributed by atoms with Crippen LogP contribution < -0.4 is 9.64 Å². The van der Waals surface area contributed by atoms with Crippen molar-refractivity contribution >= 4 is 71.6 Å². The zero-order chi connectivity index (χ0) is 41.2. The Morgan fingerprint density at radius 1 is 0.381 bits per heavy atom. The van der Waals surface area contributed by atoms with Crippen LogP contribution in [-0.2, 0) is 5.41 Å². The smallest absolute Gasteiger partial charge is 0.135 e. The van der Waals surface area contributed by atoms with Crippen molar-refractivity contribution in [3.05, 3.63) is 241 Å². The molecule has 0 N–H and O–H groups in total. The lowest BCUT2D eigenvalue weighted by Crippen LogP contribution is -2.36. The Morgan fingerprint density at radius 2 is 1.00 bits per heavy atom. The van der Waals surface area contributed by atoms with Gasteiger partial charge in [-0.1, -0.05) is 140 Å². The van der Waals surface area contributed by atoms with E-state index in [9.17, 15) is 0 Å². The van der Waals surface area contributed by atoms with E-state index in [1.54, 1.807) is 0 Å². The molecule has 1 aliphatic carbocycles. The van der Waals surface area contributed by atoms with E-state index in [0.29, 0.717) is 0 Å². The molecule has 4 heteroatoms. The van der Waals surface area contributed by atoms with E-state index in [1.807, 2.05) is 12.1 Å². The van der Waals surface area contributed by atoms with Crippen LogP contribution in [-0.4, -0.2) is 4.57 Å². The molecule has 4 nitrogen and oxygen atoms in total. The quantitative estimate of drug-likeness (QED) is 0.178. The van der Waals surface area contributed by atoms with Crippen LogP contribution in [0.15, 0.2) is 223 Å². The lowest BCUT2D eigenvalue weighted by molar-refractivity contribution is 0.435. The van der Waals surface area contributed by atoms with Gasteiger partial charge in [-0.3, -0.25) is 0 Å². The average molecular weight is 805 g/mol. The van der Waals surface area contributed by atoms with Crippen molar-refractivity contribution < 1.29 is 9.15 Å². The summed E-state index contributed by atoms with van der Waals surface area (Å²) in [6, 6.07) is 79.2. The summed E-state index contributed by atoms with van der Waals surface area (Å²) in [6.07, 6.45) is 0. The van der Waals surface area contributed by atoms with Crippen molar-refractivity contribution in [2.75, 3.05) is 4.90 Å². The molecule has 0 bridgehead atoms. The largest absolute Gasteiger partial charge is 0.457 e. The molecule has 0 radical (unpaired) electrons. The zero-order valence-electron chi connectivity index (χ0n) is 34.0. The molecule has 0 saturated carbocycles. The monoisotopic (exact) mass is 804 g/mol. The molecule has 0 atom stereocenters. The van der Waals surface area contributed by atoms with Crippen molar-refractivity contribution in [2.24, 2.45) is 0 Å². The van der Waals surface area contributed by atoms with Crippen LogP contribution in [0.3, 0.4) is 0 Å². The number of ether oxygens (including phenoxy) is 1. The molecule has 0 fully saturated rings. The Labute approximate surface area is 363 Å². The first kappa shape index (κ1) is 34.4. The molecule has 0 unspecified atom stereocenters. The van der Waals surface area contributed by atoms with Crippen LogP contribution in [0.1, 0.15) is 22.3 Å². The first-order chi connectivity index (χ1) is 31.2. The standard InChI is InChI=1S/C59H36N2O2/c1-2-16-38(17-3-1)61-52-24-8-4-18-43(52)44-32-29-41(36-53(44)61)60(39-30-33-55-47(34-39)45-19-5-9-25-54(45)62-55)40-28-31-42-46-20-12-14-37-15-13-23-50(58(37)46)59(51(42)35-40)48-21-6-10-26-56(48)63-57-27-11-7-22-49(57)59/h1-36H. The van der Waals surface area contributed by atoms with Crippen LogP contribution >= 0.6 is 0 Å². The van der Waals surface area contributed by atoms with Gasteiger partial charge in [0, 0.05) is 55.4 Å². The molecule has 3 heterocycles. The number of hydrogen-bond donors (Lipinski definition) is 0. The minimum absolute atomic E-state index is 0.676. The number of benzene rings is 10. The lowest BCUT2D eigenvalue weighted by Gasteiger charge is -2.45. The summed E-state index contributed by atoms with van der Waals surface area (Å²) < 4.78 is 15.6. The van der Waals surface area contributed by atoms with Crippen LogP contribution in [0.5, 0.6) is 11.5 Å². The molecule has 1 spiro atoms. The third-order valence-corrected chi connectivity index (χ3v) is 13.6. The van der Waals surface area contributed by atoms with E-state index < -0.39 is 5.41 Å². The summed E-state index contributed by atoms with van der Waals surface area (Å²) in [7, 11) is 0. The molecule has 1 aliphatic heterocycles. The average Bonchev–Trinajstić information content (AvgIpc) is 3.88. The highest BCUT2D eigenvalue weighted by Crippen LogP contribution is 2.62. The van der Waals surface area contributed by atoms with E-state index in [4.69, 9.17) is 9.15 Å². The van der Waals surface area contributed by atoms with Crippen molar-refractivity contribution in [1.29, 1.82) is 0 Å². The van der Waals surface area contributed by atoms with Crippen molar-refractivity contribution in [3.63, 3.8) is 0 Å². The van der Waals surface area contributed by atoms with Gasteiger partial charge in [0.2, 0.25) is 0 Å². The van der Waals surface area contributed by atoms with Gasteiger partial charge in [-0.15, -0.1) is 0 Å². The number of fused-ring (bicyclic) bond motifs is 14. The number of rotatable bonds is 4. The summed E-state index contributed by atoms with van der Waals surface area (Å²) in [5.41, 5.74) is 14.8. The molecular weight excluding hydrogens is 769 g/mol. The third kappa shape index (κ3) is 4.69. The Balaban J connectivity index is 1.09.